The molecule has 2 N–H and O–H groups in total. The van der Waals surface area contributed by atoms with E-state index in [1.165, 1.54) is 42.1 Å². The van der Waals surface area contributed by atoms with Gasteiger partial charge in [-0.3, -0.25) is 19.8 Å². The first-order chi connectivity index (χ1) is 11.0. The van der Waals surface area contributed by atoms with Crippen LogP contribution in [0.15, 0.2) is 57.7 Å². The number of hydrogen-bond acceptors (Lipinski definition) is 7. The third kappa shape index (κ3) is 3.55. The second kappa shape index (κ2) is 6.18. The van der Waals surface area contributed by atoms with E-state index in [0.717, 1.165) is 0 Å². The second-order valence-corrected chi connectivity index (χ2v) is 6.77. The Balaban J connectivity index is 1.77. The van der Waals surface area contributed by atoms with E-state index >= 15 is 0 Å². The van der Waals surface area contributed by atoms with Gasteiger partial charge in [-0.2, -0.15) is 8.42 Å². The summed E-state index contributed by atoms with van der Waals surface area (Å²) in [6.45, 7) is 0. The lowest BCUT2D eigenvalue weighted by Crippen LogP contribution is -2.13. The number of nitrogens with zero attached hydrogens (tertiary/aromatic N) is 2. The van der Waals surface area contributed by atoms with Crippen molar-refractivity contribution in [2.75, 3.05) is 10.0 Å². The molecule has 1 amide bonds. The summed E-state index contributed by atoms with van der Waals surface area (Å²) in [5.74, 6) is -0.713. The van der Waals surface area contributed by atoms with Gasteiger partial charge in [0.25, 0.3) is 15.9 Å². The number of furan rings is 1. The molecule has 3 aromatic rings. The van der Waals surface area contributed by atoms with Gasteiger partial charge in [0.1, 0.15) is 0 Å². The summed E-state index contributed by atoms with van der Waals surface area (Å²) in [7, 11) is -3.94. The van der Waals surface area contributed by atoms with Crippen molar-refractivity contribution in [1.29, 1.82) is 0 Å². The fourth-order valence-electron chi connectivity index (χ4n) is 1.66. The van der Waals surface area contributed by atoms with Gasteiger partial charge in [0.15, 0.2) is 10.9 Å². The Labute approximate surface area is 135 Å². The molecule has 0 saturated carbocycles. The number of thiazole rings is 1. The molecule has 0 aromatic carbocycles. The molecule has 0 atom stereocenters. The number of sulfonamides is 1. The minimum Gasteiger partial charge on any atom is -0.438 e. The molecule has 3 aromatic heterocycles. The third-order valence-electron chi connectivity index (χ3n) is 2.64. The first kappa shape index (κ1) is 15.2. The van der Waals surface area contributed by atoms with E-state index in [9.17, 15) is 13.2 Å². The summed E-state index contributed by atoms with van der Waals surface area (Å²) < 4.78 is 31.8. The minimum atomic E-state index is -3.94. The predicted molar refractivity (Wildman–Crippen MR) is 83.8 cm³/mol. The molecule has 0 bridgehead atoms. The summed E-state index contributed by atoms with van der Waals surface area (Å²) in [4.78, 5) is 19.7. The van der Waals surface area contributed by atoms with Crippen LogP contribution in [0.5, 0.6) is 0 Å². The molecular formula is C13H10N4O4S2. The largest absolute Gasteiger partial charge is 0.438 e. The van der Waals surface area contributed by atoms with Crippen molar-refractivity contribution >= 4 is 38.1 Å². The highest BCUT2D eigenvalue weighted by Gasteiger charge is 2.21. The van der Waals surface area contributed by atoms with Crippen LogP contribution in [0, 0.1) is 0 Å². The summed E-state index contributed by atoms with van der Waals surface area (Å²) >= 11 is 1.24. The molecule has 0 unspecified atom stereocenters. The molecule has 0 radical (unpaired) electrons. The van der Waals surface area contributed by atoms with Crippen LogP contribution in [-0.4, -0.2) is 24.3 Å². The molecule has 118 valence electrons. The Morgan fingerprint density at radius 2 is 2.09 bits per heavy atom. The number of nitrogens with one attached hydrogen (secondary N) is 2. The fourth-order valence-corrected chi connectivity index (χ4v) is 3.16. The SMILES string of the molecule is O=C(Nc1nccs1)c1ccc(S(=O)(=O)Nc2cccnc2)o1. The zero-order chi connectivity index (χ0) is 16.3. The zero-order valence-electron chi connectivity index (χ0n) is 11.5. The van der Waals surface area contributed by atoms with Crippen LogP contribution in [0.1, 0.15) is 10.6 Å². The number of aromatic nitrogens is 2. The van der Waals surface area contributed by atoms with E-state index in [1.54, 1.807) is 17.5 Å². The Bertz CT molecular complexity index is 905. The molecule has 0 fully saturated rings. The van der Waals surface area contributed by atoms with Crippen molar-refractivity contribution < 1.29 is 17.6 Å². The molecule has 23 heavy (non-hydrogen) atoms. The Hall–Kier alpha value is -2.72. The third-order valence-corrected chi connectivity index (χ3v) is 4.58. The standard InChI is InChI=1S/C13H10N4O4S2/c18-12(16-13-15-6-7-22-13)10-3-4-11(21-10)23(19,20)17-9-2-1-5-14-8-9/h1-8,17H,(H,15,16,18). The average Bonchev–Trinajstić information content (AvgIpc) is 3.19. The molecule has 10 heteroatoms. The van der Waals surface area contributed by atoms with Gasteiger partial charge < -0.3 is 4.42 Å². The molecule has 8 nitrogen and oxygen atoms in total. The molecule has 3 heterocycles. The highest BCUT2D eigenvalue weighted by Crippen LogP contribution is 2.19. The van der Waals surface area contributed by atoms with Crippen LogP contribution in [0.2, 0.25) is 0 Å². The Kier molecular flexibility index (Phi) is 4.08. The van der Waals surface area contributed by atoms with Crippen molar-refractivity contribution in [1.82, 2.24) is 9.97 Å². The number of rotatable bonds is 5. The number of carbonyl (C=O) groups is 1. The van der Waals surface area contributed by atoms with E-state index in [0.29, 0.717) is 5.13 Å². The molecule has 0 aliphatic carbocycles. The molecule has 0 spiro atoms. The van der Waals surface area contributed by atoms with Gasteiger partial charge in [-0.1, -0.05) is 0 Å². The van der Waals surface area contributed by atoms with Gasteiger partial charge in [-0.15, -0.1) is 11.3 Å². The number of hydrogen-bond donors (Lipinski definition) is 2. The lowest BCUT2D eigenvalue weighted by Gasteiger charge is -2.04. The van der Waals surface area contributed by atoms with E-state index in [1.807, 2.05) is 0 Å². The predicted octanol–water partition coefficient (Wildman–Crippen LogP) is 2.18. The van der Waals surface area contributed by atoms with E-state index in [-0.39, 0.29) is 16.5 Å². The first-order valence-electron chi connectivity index (χ1n) is 6.28. The molecule has 0 aliphatic heterocycles. The Morgan fingerprint density at radius 1 is 1.22 bits per heavy atom. The molecular weight excluding hydrogens is 340 g/mol. The second-order valence-electron chi connectivity index (χ2n) is 4.26. The maximum Gasteiger partial charge on any atom is 0.295 e. The van der Waals surface area contributed by atoms with Gasteiger partial charge in [0.2, 0.25) is 5.09 Å². The average molecular weight is 350 g/mol. The van der Waals surface area contributed by atoms with Crippen molar-refractivity contribution in [3.63, 3.8) is 0 Å². The fraction of sp³-hybridized carbons (Fsp3) is 0. The highest BCUT2D eigenvalue weighted by molar-refractivity contribution is 7.92. The van der Waals surface area contributed by atoms with Crippen LogP contribution in [0.25, 0.3) is 0 Å². The van der Waals surface area contributed by atoms with Gasteiger partial charge in [-0.05, 0) is 24.3 Å². The number of amides is 1. The lowest BCUT2D eigenvalue weighted by molar-refractivity contribution is 0.0991. The summed E-state index contributed by atoms with van der Waals surface area (Å²) in [6, 6.07) is 5.62. The van der Waals surface area contributed by atoms with Gasteiger partial charge in [-0.25, -0.2) is 4.98 Å². The van der Waals surface area contributed by atoms with Crippen LogP contribution in [0.3, 0.4) is 0 Å². The van der Waals surface area contributed by atoms with E-state index < -0.39 is 15.9 Å². The number of anilines is 2. The maximum atomic E-state index is 12.2. The van der Waals surface area contributed by atoms with Crippen molar-refractivity contribution in [3.05, 3.63) is 54.0 Å². The lowest BCUT2D eigenvalue weighted by atomic mass is 10.4. The number of carbonyl (C=O) groups excluding carboxylic acids is 1. The summed E-state index contributed by atoms with van der Waals surface area (Å²) in [5.41, 5.74) is 0.290. The van der Waals surface area contributed by atoms with Crippen LogP contribution in [-0.2, 0) is 10.0 Å². The van der Waals surface area contributed by atoms with Gasteiger partial charge >= 0.3 is 0 Å². The van der Waals surface area contributed by atoms with Crippen LogP contribution >= 0.6 is 11.3 Å². The van der Waals surface area contributed by atoms with E-state index in [4.69, 9.17) is 4.42 Å². The van der Waals surface area contributed by atoms with Crippen LogP contribution in [0.4, 0.5) is 10.8 Å². The van der Waals surface area contributed by atoms with Gasteiger partial charge in [0.05, 0.1) is 11.9 Å². The Morgan fingerprint density at radius 3 is 2.78 bits per heavy atom. The van der Waals surface area contributed by atoms with Crippen molar-refractivity contribution in [3.8, 4) is 0 Å². The minimum absolute atomic E-state index is 0.133. The van der Waals surface area contributed by atoms with Crippen LogP contribution < -0.4 is 10.0 Å². The smallest absolute Gasteiger partial charge is 0.295 e. The van der Waals surface area contributed by atoms with Crippen molar-refractivity contribution in [2.45, 2.75) is 5.09 Å². The van der Waals surface area contributed by atoms with Gasteiger partial charge in [0, 0.05) is 17.8 Å². The maximum absolute atomic E-state index is 12.2. The molecule has 3 rings (SSSR count). The molecule has 0 saturated heterocycles. The van der Waals surface area contributed by atoms with E-state index in [2.05, 4.69) is 20.0 Å². The molecule has 0 aliphatic rings. The normalized spacial score (nSPS) is 11.1. The first-order valence-corrected chi connectivity index (χ1v) is 8.64. The number of pyridine rings is 1. The monoisotopic (exact) mass is 350 g/mol. The zero-order valence-corrected chi connectivity index (χ0v) is 13.1. The van der Waals surface area contributed by atoms with Crippen molar-refractivity contribution in [2.24, 2.45) is 0 Å². The summed E-state index contributed by atoms with van der Waals surface area (Å²) in [5, 5.41) is 4.23. The topological polar surface area (TPSA) is 114 Å². The highest BCUT2D eigenvalue weighted by atomic mass is 32.2. The quantitative estimate of drug-likeness (QED) is 0.729. The summed E-state index contributed by atoms with van der Waals surface area (Å²) in [6.07, 6.45) is 4.42.